The standard InChI is InChI=1S/C17H18ClN3O5/c1-26-15(23)5-4-14(22)20-6-7-21-13(9-20)16(24)19-12-8-10(18)2-3-11(12)17(21)25/h2-3,8,13H,4-7,9H2,1H3,(H,19,24)/t13-/m0/s1. The lowest BCUT2D eigenvalue weighted by molar-refractivity contribution is -0.144. The van der Waals surface area contributed by atoms with Gasteiger partial charge in [0, 0.05) is 24.5 Å². The molecule has 0 saturated carbocycles. The number of benzene rings is 1. The second-order valence-electron chi connectivity index (χ2n) is 6.11. The van der Waals surface area contributed by atoms with Gasteiger partial charge in [0.05, 0.1) is 31.3 Å². The van der Waals surface area contributed by atoms with Crippen molar-refractivity contribution in [3.8, 4) is 0 Å². The molecule has 138 valence electrons. The van der Waals surface area contributed by atoms with E-state index in [1.54, 1.807) is 12.1 Å². The molecule has 0 bridgehead atoms. The average molecular weight is 380 g/mol. The predicted molar refractivity (Wildman–Crippen MR) is 92.7 cm³/mol. The van der Waals surface area contributed by atoms with Crippen LogP contribution in [0.1, 0.15) is 23.2 Å². The summed E-state index contributed by atoms with van der Waals surface area (Å²) in [6, 6.07) is 3.92. The van der Waals surface area contributed by atoms with Gasteiger partial charge in [-0.05, 0) is 18.2 Å². The number of carbonyl (C=O) groups is 4. The van der Waals surface area contributed by atoms with Crippen LogP contribution in [-0.2, 0) is 19.1 Å². The minimum Gasteiger partial charge on any atom is -0.469 e. The molecule has 1 atom stereocenters. The van der Waals surface area contributed by atoms with Crippen LogP contribution in [0.15, 0.2) is 18.2 Å². The van der Waals surface area contributed by atoms with Crippen molar-refractivity contribution < 1.29 is 23.9 Å². The molecule has 0 aromatic heterocycles. The van der Waals surface area contributed by atoms with Crippen molar-refractivity contribution in [3.05, 3.63) is 28.8 Å². The van der Waals surface area contributed by atoms with Gasteiger partial charge in [0.25, 0.3) is 5.91 Å². The molecule has 1 N–H and O–H groups in total. The van der Waals surface area contributed by atoms with E-state index in [0.717, 1.165) is 0 Å². The number of nitrogens with zero attached hydrogens (tertiary/aromatic N) is 2. The summed E-state index contributed by atoms with van der Waals surface area (Å²) in [6.45, 7) is 0.626. The number of amides is 3. The summed E-state index contributed by atoms with van der Waals surface area (Å²) in [7, 11) is 1.26. The molecule has 2 aliphatic heterocycles. The van der Waals surface area contributed by atoms with E-state index in [2.05, 4.69) is 10.1 Å². The maximum absolute atomic E-state index is 12.8. The first kappa shape index (κ1) is 18.2. The van der Waals surface area contributed by atoms with Crippen LogP contribution >= 0.6 is 11.6 Å². The highest BCUT2D eigenvalue weighted by Gasteiger charge is 2.40. The molecule has 0 aliphatic carbocycles. The Morgan fingerprint density at radius 3 is 2.77 bits per heavy atom. The van der Waals surface area contributed by atoms with Crippen LogP contribution in [0.2, 0.25) is 5.02 Å². The molecule has 1 fully saturated rings. The van der Waals surface area contributed by atoms with Gasteiger partial charge in [0.2, 0.25) is 11.8 Å². The number of ether oxygens (including phenoxy) is 1. The van der Waals surface area contributed by atoms with Gasteiger partial charge in [-0.2, -0.15) is 0 Å². The summed E-state index contributed by atoms with van der Waals surface area (Å²) < 4.78 is 4.53. The highest BCUT2D eigenvalue weighted by Crippen LogP contribution is 2.28. The van der Waals surface area contributed by atoms with Crippen molar-refractivity contribution in [2.24, 2.45) is 0 Å². The Labute approximate surface area is 155 Å². The van der Waals surface area contributed by atoms with Crippen LogP contribution < -0.4 is 5.32 Å². The number of fused-ring (bicyclic) bond motifs is 2. The zero-order chi connectivity index (χ0) is 18.8. The van der Waals surface area contributed by atoms with E-state index < -0.39 is 12.0 Å². The zero-order valence-electron chi connectivity index (χ0n) is 14.2. The Balaban J connectivity index is 1.75. The fraction of sp³-hybridized carbons (Fsp3) is 0.412. The first-order valence-corrected chi connectivity index (χ1v) is 8.54. The normalized spacial score (nSPS) is 19.2. The molecule has 26 heavy (non-hydrogen) atoms. The Kier molecular flexibility index (Phi) is 5.13. The average Bonchev–Trinajstić information content (AvgIpc) is 2.74. The van der Waals surface area contributed by atoms with Crippen LogP contribution in [0.3, 0.4) is 0 Å². The number of piperazine rings is 1. The Bertz CT molecular complexity index is 782. The molecular weight excluding hydrogens is 362 g/mol. The Morgan fingerprint density at radius 1 is 1.27 bits per heavy atom. The molecule has 0 unspecified atom stereocenters. The van der Waals surface area contributed by atoms with Crippen LogP contribution in [0.4, 0.5) is 5.69 Å². The Hall–Kier alpha value is -2.61. The SMILES string of the molecule is COC(=O)CCC(=O)N1CCN2C(=O)c3ccc(Cl)cc3NC(=O)[C@@H]2C1. The van der Waals surface area contributed by atoms with E-state index in [4.69, 9.17) is 11.6 Å². The van der Waals surface area contributed by atoms with Crippen molar-refractivity contribution in [2.45, 2.75) is 18.9 Å². The topological polar surface area (TPSA) is 96.0 Å². The molecule has 2 aliphatic rings. The van der Waals surface area contributed by atoms with Crippen molar-refractivity contribution in [3.63, 3.8) is 0 Å². The third kappa shape index (κ3) is 3.50. The van der Waals surface area contributed by atoms with Gasteiger partial charge in [-0.3, -0.25) is 19.2 Å². The molecule has 3 rings (SSSR count). The number of esters is 1. The quantitative estimate of drug-likeness (QED) is 0.787. The van der Waals surface area contributed by atoms with Gasteiger partial charge in [0.1, 0.15) is 6.04 Å². The summed E-state index contributed by atoms with van der Waals surface area (Å²) in [6.07, 6.45) is -0.0138. The van der Waals surface area contributed by atoms with Crippen LogP contribution in [0.5, 0.6) is 0 Å². The summed E-state index contributed by atoms with van der Waals surface area (Å²) in [5.74, 6) is -1.36. The van der Waals surface area contributed by atoms with Gasteiger partial charge in [-0.1, -0.05) is 11.6 Å². The molecule has 8 nitrogen and oxygen atoms in total. The monoisotopic (exact) mass is 379 g/mol. The maximum Gasteiger partial charge on any atom is 0.306 e. The molecule has 9 heteroatoms. The first-order valence-electron chi connectivity index (χ1n) is 8.16. The number of carbonyl (C=O) groups excluding carboxylic acids is 4. The van der Waals surface area contributed by atoms with Crippen LogP contribution in [0, 0.1) is 0 Å². The van der Waals surface area contributed by atoms with E-state index in [-0.39, 0.29) is 43.7 Å². The molecule has 1 aromatic rings. The molecule has 1 aromatic carbocycles. The highest BCUT2D eigenvalue weighted by atomic mass is 35.5. The minimum atomic E-state index is -0.787. The summed E-state index contributed by atoms with van der Waals surface area (Å²) in [4.78, 5) is 51.8. The molecular formula is C17H18ClN3O5. The van der Waals surface area contributed by atoms with Crippen molar-refractivity contribution in [1.82, 2.24) is 9.80 Å². The minimum absolute atomic E-state index is 0.00475. The number of hydrogen-bond acceptors (Lipinski definition) is 5. The molecule has 0 spiro atoms. The van der Waals surface area contributed by atoms with Crippen LogP contribution in [-0.4, -0.2) is 66.3 Å². The van der Waals surface area contributed by atoms with E-state index in [1.807, 2.05) is 0 Å². The lowest BCUT2D eigenvalue weighted by Crippen LogP contribution is -2.59. The number of halogens is 1. The fourth-order valence-electron chi connectivity index (χ4n) is 3.12. The number of methoxy groups -OCH3 is 1. The second kappa shape index (κ2) is 7.33. The lowest BCUT2D eigenvalue weighted by atomic mass is 10.1. The van der Waals surface area contributed by atoms with Gasteiger partial charge in [-0.25, -0.2) is 0 Å². The lowest BCUT2D eigenvalue weighted by Gasteiger charge is -2.39. The summed E-state index contributed by atoms with van der Waals surface area (Å²) in [5, 5.41) is 3.13. The molecule has 3 amide bonds. The largest absolute Gasteiger partial charge is 0.469 e. The third-order valence-electron chi connectivity index (χ3n) is 4.54. The van der Waals surface area contributed by atoms with E-state index in [0.29, 0.717) is 22.8 Å². The number of nitrogens with one attached hydrogen (secondary N) is 1. The van der Waals surface area contributed by atoms with Crippen molar-refractivity contribution in [2.75, 3.05) is 32.1 Å². The van der Waals surface area contributed by atoms with Crippen LogP contribution in [0.25, 0.3) is 0 Å². The maximum atomic E-state index is 12.8. The molecule has 1 saturated heterocycles. The van der Waals surface area contributed by atoms with Gasteiger partial charge < -0.3 is 19.9 Å². The number of anilines is 1. The van der Waals surface area contributed by atoms with Gasteiger partial charge >= 0.3 is 5.97 Å². The van der Waals surface area contributed by atoms with Gasteiger partial charge in [-0.15, -0.1) is 0 Å². The summed E-state index contributed by atoms with van der Waals surface area (Å²) in [5.41, 5.74) is 0.737. The van der Waals surface area contributed by atoms with Crippen molar-refractivity contribution in [1.29, 1.82) is 0 Å². The second-order valence-corrected chi connectivity index (χ2v) is 6.55. The van der Waals surface area contributed by atoms with E-state index in [1.165, 1.54) is 23.0 Å². The zero-order valence-corrected chi connectivity index (χ0v) is 14.9. The predicted octanol–water partition coefficient (Wildman–Crippen LogP) is 0.898. The molecule has 2 heterocycles. The van der Waals surface area contributed by atoms with Gasteiger partial charge in [0.15, 0.2) is 0 Å². The smallest absolute Gasteiger partial charge is 0.306 e. The fourth-order valence-corrected chi connectivity index (χ4v) is 3.30. The van der Waals surface area contributed by atoms with Crippen molar-refractivity contribution >= 4 is 41.0 Å². The summed E-state index contributed by atoms with van der Waals surface area (Å²) >= 11 is 5.95. The molecule has 0 radical (unpaired) electrons. The first-order chi connectivity index (χ1) is 12.4. The Morgan fingerprint density at radius 2 is 2.04 bits per heavy atom. The highest BCUT2D eigenvalue weighted by molar-refractivity contribution is 6.31. The number of rotatable bonds is 3. The third-order valence-corrected chi connectivity index (χ3v) is 4.77. The van der Waals surface area contributed by atoms with E-state index >= 15 is 0 Å². The number of hydrogen-bond donors (Lipinski definition) is 1. The van der Waals surface area contributed by atoms with E-state index in [9.17, 15) is 19.2 Å².